The van der Waals surface area contributed by atoms with E-state index in [1.165, 1.54) is 12.3 Å². The van der Waals surface area contributed by atoms with Crippen LogP contribution >= 0.6 is 24.0 Å². The molecule has 1 aliphatic rings. The molecule has 114 valence electrons. The number of nitrogens with two attached hydrogens (primary N) is 1. The first-order valence-corrected chi connectivity index (χ1v) is 6.08. The largest absolute Gasteiger partial charge is 0.482 e. The summed E-state index contributed by atoms with van der Waals surface area (Å²) in [5.41, 5.74) is 5.78. The van der Waals surface area contributed by atoms with E-state index >= 15 is 0 Å². The van der Waals surface area contributed by atoms with Gasteiger partial charge in [-0.15, -0.1) is 12.4 Å². The molecule has 0 spiro atoms. The SMILES string of the molecule is Cl.NC1CCN(c2ncc(OCC(F)(F)F)cc2Cl)C1. The maximum Gasteiger partial charge on any atom is 0.422 e. The predicted octanol–water partition coefficient (Wildman–Crippen LogP) is 2.64. The van der Waals surface area contributed by atoms with Gasteiger partial charge in [0.2, 0.25) is 0 Å². The lowest BCUT2D eigenvalue weighted by atomic mass is 10.3. The topological polar surface area (TPSA) is 51.4 Å². The molecule has 2 N–H and O–H groups in total. The molecule has 4 nitrogen and oxygen atoms in total. The van der Waals surface area contributed by atoms with Crippen molar-refractivity contribution in [2.75, 3.05) is 24.6 Å². The van der Waals surface area contributed by atoms with E-state index in [1.807, 2.05) is 4.90 Å². The summed E-state index contributed by atoms with van der Waals surface area (Å²) in [6.45, 7) is 0.00502. The van der Waals surface area contributed by atoms with Crippen molar-refractivity contribution >= 4 is 29.8 Å². The van der Waals surface area contributed by atoms with E-state index < -0.39 is 12.8 Å². The molecule has 0 aliphatic carbocycles. The zero-order valence-electron chi connectivity index (χ0n) is 10.4. The molecular formula is C11H14Cl2F3N3O. The third-order valence-corrected chi connectivity index (χ3v) is 3.00. The first kappa shape index (κ1) is 17.1. The molecule has 1 aliphatic heterocycles. The fourth-order valence-corrected chi connectivity index (χ4v) is 2.15. The van der Waals surface area contributed by atoms with Crippen molar-refractivity contribution in [3.63, 3.8) is 0 Å². The summed E-state index contributed by atoms with van der Waals surface area (Å²) in [6, 6.07) is 1.40. The fraction of sp³-hybridized carbons (Fsp3) is 0.545. The standard InChI is InChI=1S/C11H13ClF3N3O.ClH/c12-9-3-8(19-6-11(13,14)15)4-17-10(9)18-2-1-7(16)5-18;/h3-4,7H,1-2,5-6,16H2;1H. The lowest BCUT2D eigenvalue weighted by Crippen LogP contribution is -2.27. The van der Waals surface area contributed by atoms with Crippen LogP contribution in [0.15, 0.2) is 12.3 Å². The summed E-state index contributed by atoms with van der Waals surface area (Å²) in [5, 5.41) is 0.258. The molecule has 9 heteroatoms. The normalized spacial score (nSPS) is 18.9. The third-order valence-electron chi connectivity index (χ3n) is 2.72. The van der Waals surface area contributed by atoms with E-state index in [0.717, 1.165) is 13.0 Å². The highest BCUT2D eigenvalue weighted by molar-refractivity contribution is 6.33. The van der Waals surface area contributed by atoms with E-state index in [-0.39, 0.29) is 29.2 Å². The van der Waals surface area contributed by atoms with Gasteiger partial charge in [-0.3, -0.25) is 0 Å². The van der Waals surface area contributed by atoms with Gasteiger partial charge in [-0.25, -0.2) is 4.98 Å². The summed E-state index contributed by atoms with van der Waals surface area (Å²) < 4.78 is 40.6. The van der Waals surface area contributed by atoms with E-state index in [0.29, 0.717) is 12.4 Å². The Bertz CT molecular complexity index is 459. The molecule has 2 rings (SSSR count). The highest BCUT2D eigenvalue weighted by atomic mass is 35.5. The molecule has 1 atom stereocenters. The first-order chi connectivity index (χ1) is 8.85. The molecule has 0 amide bonds. The third kappa shape index (κ3) is 4.57. The lowest BCUT2D eigenvalue weighted by molar-refractivity contribution is -0.153. The van der Waals surface area contributed by atoms with Gasteiger partial charge >= 0.3 is 6.18 Å². The Morgan fingerprint density at radius 3 is 2.70 bits per heavy atom. The van der Waals surface area contributed by atoms with Crippen molar-refractivity contribution in [1.29, 1.82) is 0 Å². The molecule has 1 fully saturated rings. The smallest absolute Gasteiger partial charge is 0.422 e. The van der Waals surface area contributed by atoms with E-state index in [9.17, 15) is 13.2 Å². The Morgan fingerprint density at radius 2 is 2.20 bits per heavy atom. The molecule has 1 unspecified atom stereocenters. The number of aromatic nitrogens is 1. The van der Waals surface area contributed by atoms with Crippen molar-refractivity contribution in [1.82, 2.24) is 4.98 Å². The Labute approximate surface area is 125 Å². The van der Waals surface area contributed by atoms with Crippen LogP contribution in [-0.2, 0) is 0 Å². The van der Waals surface area contributed by atoms with Crippen LogP contribution in [0.4, 0.5) is 19.0 Å². The number of rotatable bonds is 3. The van der Waals surface area contributed by atoms with Gasteiger partial charge in [0.15, 0.2) is 6.61 Å². The van der Waals surface area contributed by atoms with Gasteiger partial charge in [-0.1, -0.05) is 11.6 Å². The summed E-state index contributed by atoms with van der Waals surface area (Å²) in [6.07, 6.45) is -2.31. The quantitative estimate of drug-likeness (QED) is 0.925. The molecule has 0 aromatic carbocycles. The molecule has 1 aromatic rings. The number of halogens is 5. The van der Waals surface area contributed by atoms with E-state index in [2.05, 4.69) is 9.72 Å². The zero-order chi connectivity index (χ0) is 14.0. The predicted molar refractivity (Wildman–Crippen MR) is 72.9 cm³/mol. The maximum absolute atomic E-state index is 12.0. The fourth-order valence-electron chi connectivity index (χ4n) is 1.87. The number of anilines is 1. The van der Waals surface area contributed by atoms with Gasteiger partial charge in [-0.05, 0) is 6.42 Å². The van der Waals surface area contributed by atoms with Gasteiger partial charge in [0.1, 0.15) is 11.6 Å². The average Bonchev–Trinajstić information content (AvgIpc) is 2.72. The lowest BCUT2D eigenvalue weighted by Gasteiger charge is -2.18. The second-order valence-electron chi connectivity index (χ2n) is 4.38. The van der Waals surface area contributed by atoms with Crippen molar-refractivity contribution in [2.45, 2.75) is 18.6 Å². The minimum atomic E-state index is -4.38. The van der Waals surface area contributed by atoms with Crippen LogP contribution < -0.4 is 15.4 Å². The summed E-state index contributed by atoms with van der Waals surface area (Å²) >= 11 is 6.00. The molecule has 1 saturated heterocycles. The Kier molecular flexibility index (Phi) is 5.73. The van der Waals surface area contributed by atoms with Crippen molar-refractivity contribution in [3.05, 3.63) is 17.3 Å². The summed E-state index contributed by atoms with van der Waals surface area (Å²) in [4.78, 5) is 5.94. The summed E-state index contributed by atoms with van der Waals surface area (Å²) in [7, 11) is 0. The highest BCUT2D eigenvalue weighted by Gasteiger charge is 2.29. The van der Waals surface area contributed by atoms with Crippen LogP contribution in [0.1, 0.15) is 6.42 Å². The molecule has 0 bridgehead atoms. The zero-order valence-corrected chi connectivity index (χ0v) is 11.9. The number of pyridine rings is 1. The van der Waals surface area contributed by atoms with Crippen LogP contribution in [0.25, 0.3) is 0 Å². The Hall–Kier alpha value is -0.920. The number of hydrogen-bond acceptors (Lipinski definition) is 4. The van der Waals surface area contributed by atoms with Gasteiger partial charge < -0.3 is 15.4 Å². The Morgan fingerprint density at radius 1 is 1.50 bits per heavy atom. The van der Waals surface area contributed by atoms with Crippen molar-refractivity contribution in [2.24, 2.45) is 5.73 Å². The molecule has 20 heavy (non-hydrogen) atoms. The van der Waals surface area contributed by atoms with E-state index in [4.69, 9.17) is 17.3 Å². The van der Waals surface area contributed by atoms with Gasteiger partial charge in [-0.2, -0.15) is 13.2 Å². The van der Waals surface area contributed by atoms with Crippen LogP contribution in [-0.4, -0.2) is 36.9 Å². The number of nitrogens with zero attached hydrogens (tertiary/aromatic N) is 2. The van der Waals surface area contributed by atoms with Crippen LogP contribution in [0.5, 0.6) is 5.75 Å². The number of ether oxygens (including phenoxy) is 1. The molecule has 0 radical (unpaired) electrons. The van der Waals surface area contributed by atoms with Crippen LogP contribution in [0.2, 0.25) is 5.02 Å². The monoisotopic (exact) mass is 331 g/mol. The van der Waals surface area contributed by atoms with Crippen LogP contribution in [0.3, 0.4) is 0 Å². The Balaban J connectivity index is 0.00000200. The number of hydrogen-bond donors (Lipinski definition) is 1. The molecule has 0 saturated carbocycles. The van der Waals surface area contributed by atoms with Crippen molar-refractivity contribution < 1.29 is 17.9 Å². The average molecular weight is 332 g/mol. The van der Waals surface area contributed by atoms with Crippen molar-refractivity contribution in [3.8, 4) is 5.75 Å². The molecular weight excluding hydrogens is 318 g/mol. The van der Waals surface area contributed by atoms with Crippen LogP contribution in [0, 0.1) is 0 Å². The highest BCUT2D eigenvalue weighted by Crippen LogP contribution is 2.29. The second-order valence-corrected chi connectivity index (χ2v) is 4.78. The number of alkyl halides is 3. The minimum Gasteiger partial charge on any atom is -0.482 e. The summed E-state index contributed by atoms with van der Waals surface area (Å²) in [5.74, 6) is 0.517. The molecule has 1 aromatic heterocycles. The van der Waals surface area contributed by atoms with E-state index in [1.54, 1.807) is 0 Å². The van der Waals surface area contributed by atoms with Gasteiger partial charge in [0, 0.05) is 25.2 Å². The first-order valence-electron chi connectivity index (χ1n) is 5.71. The van der Waals surface area contributed by atoms with Gasteiger partial charge in [0.05, 0.1) is 11.2 Å². The second kappa shape index (κ2) is 6.69. The van der Waals surface area contributed by atoms with Gasteiger partial charge in [0.25, 0.3) is 0 Å². The minimum absolute atomic E-state index is 0. The maximum atomic E-state index is 12.0. The molecule has 2 heterocycles.